The van der Waals surface area contributed by atoms with Gasteiger partial charge in [-0.2, -0.15) is 4.31 Å². The minimum absolute atomic E-state index is 0.0955. The van der Waals surface area contributed by atoms with Crippen LogP contribution in [0.2, 0.25) is 0 Å². The fraction of sp³-hybridized carbons (Fsp3) is 0.400. The van der Waals surface area contributed by atoms with Crippen molar-refractivity contribution in [3.63, 3.8) is 0 Å². The Morgan fingerprint density at radius 3 is 2.45 bits per heavy atom. The second-order valence-electron chi connectivity index (χ2n) is 8.46. The summed E-state index contributed by atoms with van der Waals surface area (Å²) in [6.07, 6.45) is 5.81. The topological polar surface area (TPSA) is 79.0 Å². The zero-order valence-corrected chi connectivity index (χ0v) is 19.8. The van der Waals surface area contributed by atoms with Crippen LogP contribution in [-0.4, -0.2) is 63.4 Å². The summed E-state index contributed by atoms with van der Waals surface area (Å²) in [5.41, 5.74) is 2.98. The third-order valence-electron chi connectivity index (χ3n) is 6.19. The standard InChI is InChI=1S/C25H31N3O4S/c1-32-23-11-10-22(18-24(23)33(30,31)28-14-6-3-7-15-28)26-25(29)19-27-16-12-21(13-17-27)20-8-4-2-5-9-20/h2,4-5,8-12,18H,3,6-7,13-17,19H2,1H3,(H,26,29). The summed E-state index contributed by atoms with van der Waals surface area (Å²) in [5, 5.41) is 2.86. The number of carbonyl (C=O) groups excluding carboxylic acids is 1. The first kappa shape index (κ1) is 23.5. The van der Waals surface area contributed by atoms with Crippen molar-refractivity contribution >= 4 is 27.2 Å². The first-order chi connectivity index (χ1) is 16.0. The molecule has 1 fully saturated rings. The number of hydrogen-bond acceptors (Lipinski definition) is 5. The van der Waals surface area contributed by atoms with Crippen LogP contribution in [0, 0.1) is 0 Å². The van der Waals surface area contributed by atoms with Gasteiger partial charge in [-0.3, -0.25) is 9.69 Å². The molecule has 7 nitrogen and oxygen atoms in total. The van der Waals surface area contributed by atoms with E-state index in [2.05, 4.69) is 28.4 Å². The molecular weight excluding hydrogens is 438 g/mol. The number of nitrogens with zero attached hydrogens (tertiary/aromatic N) is 2. The Balaban J connectivity index is 1.41. The smallest absolute Gasteiger partial charge is 0.246 e. The van der Waals surface area contributed by atoms with E-state index in [0.717, 1.165) is 32.2 Å². The lowest BCUT2D eigenvalue weighted by molar-refractivity contribution is -0.117. The number of piperidine rings is 1. The fourth-order valence-corrected chi connectivity index (χ4v) is 6.07. The van der Waals surface area contributed by atoms with Crippen LogP contribution in [-0.2, 0) is 14.8 Å². The zero-order valence-electron chi connectivity index (χ0n) is 19.0. The molecule has 2 aliphatic rings. The largest absolute Gasteiger partial charge is 0.495 e. The lowest BCUT2D eigenvalue weighted by Gasteiger charge is -2.27. The van der Waals surface area contributed by atoms with Crippen LogP contribution in [0.15, 0.2) is 59.5 Å². The summed E-state index contributed by atoms with van der Waals surface area (Å²) in [6, 6.07) is 15.1. The maximum absolute atomic E-state index is 13.2. The van der Waals surface area contributed by atoms with Crippen molar-refractivity contribution in [3.8, 4) is 5.75 Å². The maximum Gasteiger partial charge on any atom is 0.246 e. The number of anilines is 1. The minimum Gasteiger partial charge on any atom is -0.495 e. The van der Waals surface area contributed by atoms with E-state index in [-0.39, 0.29) is 23.1 Å². The van der Waals surface area contributed by atoms with Gasteiger partial charge >= 0.3 is 0 Å². The number of amides is 1. The number of rotatable bonds is 7. The molecule has 0 unspecified atom stereocenters. The Bertz CT molecular complexity index is 1110. The van der Waals surface area contributed by atoms with Gasteiger partial charge < -0.3 is 10.1 Å². The van der Waals surface area contributed by atoms with E-state index >= 15 is 0 Å². The van der Waals surface area contributed by atoms with E-state index in [1.807, 2.05) is 18.2 Å². The summed E-state index contributed by atoms with van der Waals surface area (Å²) >= 11 is 0. The molecule has 1 amide bonds. The van der Waals surface area contributed by atoms with Gasteiger partial charge in [-0.1, -0.05) is 42.8 Å². The zero-order chi connectivity index (χ0) is 23.3. The maximum atomic E-state index is 13.2. The molecule has 33 heavy (non-hydrogen) atoms. The summed E-state index contributed by atoms with van der Waals surface area (Å²) in [6.45, 7) is 2.77. The molecule has 2 heterocycles. The number of ether oxygens (including phenoxy) is 1. The van der Waals surface area contributed by atoms with Gasteiger partial charge in [-0.25, -0.2) is 8.42 Å². The second-order valence-corrected chi connectivity index (χ2v) is 10.4. The first-order valence-electron chi connectivity index (χ1n) is 11.4. The molecule has 0 spiro atoms. The molecule has 0 atom stereocenters. The van der Waals surface area contributed by atoms with E-state index in [0.29, 0.717) is 25.3 Å². The van der Waals surface area contributed by atoms with Gasteiger partial charge in [-0.05, 0) is 48.6 Å². The molecule has 2 aromatic rings. The highest BCUT2D eigenvalue weighted by molar-refractivity contribution is 7.89. The van der Waals surface area contributed by atoms with Gasteiger partial charge in [0.15, 0.2) is 0 Å². The minimum atomic E-state index is -3.68. The summed E-state index contributed by atoms with van der Waals surface area (Å²) in [7, 11) is -2.23. The normalized spacial score (nSPS) is 17.9. The number of sulfonamides is 1. The fourth-order valence-electron chi connectivity index (χ4n) is 4.37. The molecule has 0 aromatic heterocycles. The number of carbonyl (C=O) groups is 1. The molecule has 8 heteroatoms. The number of methoxy groups -OCH3 is 1. The van der Waals surface area contributed by atoms with Crippen LogP contribution in [0.3, 0.4) is 0 Å². The van der Waals surface area contributed by atoms with Crippen LogP contribution in [0.25, 0.3) is 5.57 Å². The van der Waals surface area contributed by atoms with Crippen molar-refractivity contribution in [1.82, 2.24) is 9.21 Å². The van der Waals surface area contributed by atoms with E-state index in [9.17, 15) is 13.2 Å². The average Bonchev–Trinajstić information content (AvgIpc) is 2.85. The van der Waals surface area contributed by atoms with Gasteiger partial charge in [0.05, 0.1) is 13.7 Å². The van der Waals surface area contributed by atoms with E-state index in [4.69, 9.17) is 4.74 Å². The Morgan fingerprint density at radius 1 is 1.03 bits per heavy atom. The van der Waals surface area contributed by atoms with Crippen LogP contribution in [0.1, 0.15) is 31.2 Å². The molecule has 1 saturated heterocycles. The van der Waals surface area contributed by atoms with Crippen LogP contribution in [0.4, 0.5) is 5.69 Å². The summed E-state index contributed by atoms with van der Waals surface area (Å²) in [4.78, 5) is 14.9. The molecule has 2 aromatic carbocycles. The van der Waals surface area contributed by atoms with E-state index in [1.165, 1.54) is 28.6 Å². The second kappa shape index (κ2) is 10.5. The van der Waals surface area contributed by atoms with Crippen molar-refractivity contribution in [2.75, 3.05) is 45.2 Å². The molecule has 2 aliphatic heterocycles. The van der Waals surface area contributed by atoms with Gasteiger partial charge in [0.1, 0.15) is 10.6 Å². The van der Waals surface area contributed by atoms with Gasteiger partial charge in [0.2, 0.25) is 15.9 Å². The number of nitrogens with one attached hydrogen (secondary N) is 1. The van der Waals surface area contributed by atoms with Gasteiger partial charge in [-0.15, -0.1) is 0 Å². The lowest BCUT2D eigenvalue weighted by Crippen LogP contribution is -2.36. The van der Waals surface area contributed by atoms with Crippen molar-refractivity contribution in [2.45, 2.75) is 30.6 Å². The highest BCUT2D eigenvalue weighted by Crippen LogP contribution is 2.31. The predicted molar refractivity (Wildman–Crippen MR) is 130 cm³/mol. The third kappa shape index (κ3) is 5.63. The SMILES string of the molecule is COc1ccc(NC(=O)CN2CC=C(c3ccccc3)CC2)cc1S(=O)(=O)N1CCCCC1. The van der Waals surface area contributed by atoms with E-state index < -0.39 is 10.0 Å². The average molecular weight is 470 g/mol. The molecule has 176 valence electrons. The Kier molecular flexibility index (Phi) is 7.47. The monoisotopic (exact) mass is 469 g/mol. The Hall–Kier alpha value is -2.68. The molecule has 0 bridgehead atoms. The van der Waals surface area contributed by atoms with Gasteiger partial charge in [0.25, 0.3) is 0 Å². The number of hydrogen-bond donors (Lipinski definition) is 1. The molecular formula is C25H31N3O4S. The van der Waals surface area contributed by atoms with Crippen LogP contribution in [0.5, 0.6) is 5.75 Å². The van der Waals surface area contributed by atoms with Crippen LogP contribution >= 0.6 is 0 Å². The van der Waals surface area contributed by atoms with Crippen molar-refractivity contribution in [1.29, 1.82) is 0 Å². The van der Waals surface area contributed by atoms with E-state index in [1.54, 1.807) is 12.1 Å². The molecule has 0 aliphatic carbocycles. The summed E-state index contributed by atoms with van der Waals surface area (Å²) in [5.74, 6) is 0.117. The first-order valence-corrected chi connectivity index (χ1v) is 12.9. The lowest BCUT2D eigenvalue weighted by atomic mass is 10.00. The third-order valence-corrected chi connectivity index (χ3v) is 8.11. The Morgan fingerprint density at radius 2 is 1.79 bits per heavy atom. The van der Waals surface area contributed by atoms with Crippen molar-refractivity contribution in [2.24, 2.45) is 0 Å². The quantitative estimate of drug-likeness (QED) is 0.670. The molecule has 4 rings (SSSR count). The van der Waals surface area contributed by atoms with Crippen molar-refractivity contribution in [3.05, 3.63) is 60.2 Å². The van der Waals surface area contributed by atoms with Crippen LogP contribution < -0.4 is 10.1 Å². The highest BCUT2D eigenvalue weighted by Gasteiger charge is 2.29. The molecule has 0 radical (unpaired) electrons. The Labute approximate surface area is 196 Å². The highest BCUT2D eigenvalue weighted by atomic mass is 32.2. The predicted octanol–water partition coefficient (Wildman–Crippen LogP) is 3.60. The van der Waals surface area contributed by atoms with Gasteiger partial charge in [0, 0.05) is 31.9 Å². The van der Waals surface area contributed by atoms with Crippen molar-refractivity contribution < 1.29 is 17.9 Å². The summed E-state index contributed by atoms with van der Waals surface area (Å²) < 4.78 is 33.2. The number of benzene rings is 2. The molecule has 1 N–H and O–H groups in total. The molecule has 0 saturated carbocycles.